The zero-order chi connectivity index (χ0) is 16.8. The third kappa shape index (κ3) is 12.4. The standard InChI is InChI=1S/C17H36O4S/c1-3-5-10-14-17(22(19,20)21)15-12-9-7-6-8-11-13-16(18)4-2/h16-18H,3-15H2,1-2H3,(H,19,20,21). The van der Waals surface area contributed by atoms with Crippen LogP contribution in [0.1, 0.15) is 97.3 Å². The quantitative estimate of drug-likeness (QED) is 0.335. The molecular formula is C17H36O4S. The van der Waals surface area contributed by atoms with Crippen molar-refractivity contribution in [2.45, 2.75) is 109 Å². The Labute approximate surface area is 137 Å². The van der Waals surface area contributed by atoms with Gasteiger partial charge in [-0.05, 0) is 25.7 Å². The van der Waals surface area contributed by atoms with E-state index in [1.165, 1.54) is 0 Å². The minimum Gasteiger partial charge on any atom is -0.393 e. The van der Waals surface area contributed by atoms with Crippen LogP contribution in [0.2, 0.25) is 0 Å². The van der Waals surface area contributed by atoms with Gasteiger partial charge in [-0.1, -0.05) is 71.6 Å². The fourth-order valence-corrected chi connectivity index (χ4v) is 3.66. The van der Waals surface area contributed by atoms with E-state index in [1.807, 2.05) is 6.92 Å². The summed E-state index contributed by atoms with van der Waals surface area (Å²) in [5, 5.41) is 8.87. The van der Waals surface area contributed by atoms with Crippen LogP contribution in [0.25, 0.3) is 0 Å². The molecule has 0 aromatic carbocycles. The molecule has 134 valence electrons. The molecule has 5 heteroatoms. The van der Waals surface area contributed by atoms with Crippen LogP contribution in [-0.4, -0.2) is 29.4 Å². The lowest BCUT2D eigenvalue weighted by molar-refractivity contribution is 0.156. The predicted octanol–water partition coefficient (Wildman–Crippen LogP) is 4.71. The molecule has 0 aliphatic rings. The Morgan fingerprint density at radius 3 is 1.68 bits per heavy atom. The van der Waals surface area contributed by atoms with Crippen molar-refractivity contribution in [3.05, 3.63) is 0 Å². The number of aliphatic hydroxyl groups is 1. The van der Waals surface area contributed by atoms with E-state index in [4.69, 9.17) is 0 Å². The van der Waals surface area contributed by atoms with Crippen molar-refractivity contribution in [2.24, 2.45) is 0 Å². The third-order valence-corrected chi connectivity index (χ3v) is 5.65. The van der Waals surface area contributed by atoms with Gasteiger partial charge in [-0.3, -0.25) is 4.55 Å². The molecule has 0 aromatic heterocycles. The summed E-state index contributed by atoms with van der Waals surface area (Å²) in [5.74, 6) is 0. The van der Waals surface area contributed by atoms with Gasteiger partial charge in [0.25, 0.3) is 10.1 Å². The van der Waals surface area contributed by atoms with E-state index in [9.17, 15) is 18.1 Å². The summed E-state index contributed by atoms with van der Waals surface area (Å²) in [6, 6.07) is 0. The van der Waals surface area contributed by atoms with Gasteiger partial charge in [-0.2, -0.15) is 8.42 Å². The fourth-order valence-electron chi connectivity index (χ4n) is 2.73. The lowest BCUT2D eigenvalue weighted by Crippen LogP contribution is -2.20. The SMILES string of the molecule is CCCCCC(CCCCCCCCC(O)CC)S(=O)(=O)O. The van der Waals surface area contributed by atoms with Crippen LogP contribution in [-0.2, 0) is 10.1 Å². The Kier molecular flexibility index (Phi) is 13.2. The third-order valence-electron chi connectivity index (χ3n) is 4.34. The topological polar surface area (TPSA) is 74.6 Å². The van der Waals surface area contributed by atoms with Crippen molar-refractivity contribution in [3.8, 4) is 0 Å². The average Bonchev–Trinajstić information content (AvgIpc) is 2.46. The summed E-state index contributed by atoms with van der Waals surface area (Å²) in [6.45, 7) is 4.08. The van der Waals surface area contributed by atoms with Crippen molar-refractivity contribution in [2.75, 3.05) is 0 Å². The molecular weight excluding hydrogens is 300 g/mol. The van der Waals surface area contributed by atoms with E-state index in [0.717, 1.165) is 70.6 Å². The number of hydrogen-bond acceptors (Lipinski definition) is 3. The molecule has 0 heterocycles. The van der Waals surface area contributed by atoms with Gasteiger partial charge in [0, 0.05) is 0 Å². The van der Waals surface area contributed by atoms with Crippen molar-refractivity contribution in [1.82, 2.24) is 0 Å². The van der Waals surface area contributed by atoms with E-state index in [-0.39, 0.29) is 6.10 Å². The second kappa shape index (κ2) is 13.3. The molecule has 0 spiro atoms. The predicted molar refractivity (Wildman–Crippen MR) is 92.7 cm³/mol. The highest BCUT2D eigenvalue weighted by atomic mass is 32.2. The van der Waals surface area contributed by atoms with Gasteiger partial charge in [0.05, 0.1) is 11.4 Å². The Hall–Kier alpha value is -0.130. The van der Waals surface area contributed by atoms with Crippen LogP contribution in [0.4, 0.5) is 0 Å². The van der Waals surface area contributed by atoms with Crippen molar-refractivity contribution in [3.63, 3.8) is 0 Å². The monoisotopic (exact) mass is 336 g/mol. The molecule has 0 aliphatic carbocycles. The van der Waals surface area contributed by atoms with Crippen LogP contribution in [0, 0.1) is 0 Å². The molecule has 0 aliphatic heterocycles. The van der Waals surface area contributed by atoms with Crippen LogP contribution in [0.15, 0.2) is 0 Å². The largest absolute Gasteiger partial charge is 0.393 e. The molecule has 0 bridgehead atoms. The van der Waals surface area contributed by atoms with Gasteiger partial charge in [-0.25, -0.2) is 0 Å². The maximum Gasteiger partial charge on any atom is 0.267 e. The second-order valence-electron chi connectivity index (χ2n) is 6.39. The average molecular weight is 337 g/mol. The van der Waals surface area contributed by atoms with E-state index in [0.29, 0.717) is 12.8 Å². The molecule has 0 saturated carbocycles. The fraction of sp³-hybridized carbons (Fsp3) is 1.00. The van der Waals surface area contributed by atoms with Crippen LogP contribution in [0.5, 0.6) is 0 Å². The molecule has 0 rings (SSSR count). The maximum absolute atomic E-state index is 11.4. The highest BCUT2D eigenvalue weighted by molar-refractivity contribution is 7.86. The van der Waals surface area contributed by atoms with Crippen molar-refractivity contribution >= 4 is 10.1 Å². The second-order valence-corrected chi connectivity index (χ2v) is 8.09. The first-order valence-electron chi connectivity index (χ1n) is 9.06. The molecule has 0 saturated heterocycles. The summed E-state index contributed by atoms with van der Waals surface area (Å²) in [6.07, 6.45) is 12.0. The number of rotatable bonds is 15. The summed E-state index contributed by atoms with van der Waals surface area (Å²) in [5.41, 5.74) is 0. The molecule has 4 nitrogen and oxygen atoms in total. The Balaban J connectivity index is 3.68. The first-order valence-corrected chi connectivity index (χ1v) is 10.6. The van der Waals surface area contributed by atoms with E-state index in [2.05, 4.69) is 6.92 Å². The zero-order valence-corrected chi connectivity index (χ0v) is 15.3. The molecule has 2 N–H and O–H groups in total. The normalized spacial score (nSPS) is 14.9. The minimum absolute atomic E-state index is 0.154. The Bertz CT molecular complexity index is 341. The minimum atomic E-state index is -3.89. The zero-order valence-electron chi connectivity index (χ0n) is 14.5. The molecule has 22 heavy (non-hydrogen) atoms. The maximum atomic E-state index is 11.4. The molecule has 0 amide bonds. The van der Waals surface area contributed by atoms with Crippen LogP contribution in [0.3, 0.4) is 0 Å². The summed E-state index contributed by atoms with van der Waals surface area (Å²) in [7, 11) is -3.89. The van der Waals surface area contributed by atoms with Gasteiger partial charge in [0.15, 0.2) is 0 Å². The van der Waals surface area contributed by atoms with E-state index < -0.39 is 15.4 Å². The van der Waals surface area contributed by atoms with Gasteiger partial charge < -0.3 is 5.11 Å². The van der Waals surface area contributed by atoms with Crippen molar-refractivity contribution in [1.29, 1.82) is 0 Å². The highest BCUT2D eigenvalue weighted by Crippen LogP contribution is 2.18. The van der Waals surface area contributed by atoms with Crippen LogP contribution < -0.4 is 0 Å². The summed E-state index contributed by atoms with van der Waals surface area (Å²) >= 11 is 0. The Morgan fingerprint density at radius 1 is 0.773 bits per heavy atom. The molecule has 0 aromatic rings. The number of hydrogen-bond donors (Lipinski definition) is 2. The summed E-state index contributed by atoms with van der Waals surface area (Å²) in [4.78, 5) is 0. The van der Waals surface area contributed by atoms with Gasteiger partial charge >= 0.3 is 0 Å². The van der Waals surface area contributed by atoms with E-state index >= 15 is 0 Å². The lowest BCUT2D eigenvalue weighted by Gasteiger charge is -2.13. The first kappa shape index (κ1) is 21.9. The number of aliphatic hydroxyl groups excluding tert-OH is 1. The molecule has 0 fully saturated rings. The first-order chi connectivity index (χ1) is 10.4. The molecule has 0 radical (unpaired) electrons. The van der Waals surface area contributed by atoms with Gasteiger partial charge in [0.2, 0.25) is 0 Å². The highest BCUT2D eigenvalue weighted by Gasteiger charge is 2.21. The van der Waals surface area contributed by atoms with Crippen LogP contribution >= 0.6 is 0 Å². The van der Waals surface area contributed by atoms with Gasteiger partial charge in [0.1, 0.15) is 0 Å². The Morgan fingerprint density at radius 2 is 1.23 bits per heavy atom. The molecule has 2 atom stereocenters. The lowest BCUT2D eigenvalue weighted by atomic mass is 10.0. The van der Waals surface area contributed by atoms with Gasteiger partial charge in [-0.15, -0.1) is 0 Å². The molecule has 2 unspecified atom stereocenters. The smallest absolute Gasteiger partial charge is 0.267 e. The van der Waals surface area contributed by atoms with Crippen molar-refractivity contribution < 1.29 is 18.1 Å². The summed E-state index contributed by atoms with van der Waals surface area (Å²) < 4.78 is 32.0. The number of unbranched alkanes of at least 4 members (excludes halogenated alkanes) is 7. The van der Waals surface area contributed by atoms with E-state index in [1.54, 1.807) is 0 Å².